The molecule has 0 bridgehead atoms. The number of benzene rings is 2. The average molecular weight is 416 g/mol. The van der Waals surface area contributed by atoms with Crippen molar-refractivity contribution >= 4 is 39.1 Å². The van der Waals surface area contributed by atoms with E-state index in [0.29, 0.717) is 11.6 Å². The molecule has 7 nitrogen and oxygen atoms in total. The minimum Gasteiger partial charge on any atom is -0.258 e. The van der Waals surface area contributed by atoms with Crippen LogP contribution < -0.4 is 0 Å². The van der Waals surface area contributed by atoms with E-state index >= 15 is 0 Å². The highest BCUT2D eigenvalue weighted by Crippen LogP contribution is 2.27. The third kappa shape index (κ3) is 3.20. The first-order valence-electron chi connectivity index (χ1n) is 7.28. The van der Waals surface area contributed by atoms with Crippen LogP contribution in [-0.2, 0) is 0 Å². The fourth-order valence-corrected chi connectivity index (χ4v) is 3.63. The summed E-state index contributed by atoms with van der Waals surface area (Å²) in [6.45, 7) is 0. The van der Waals surface area contributed by atoms with Crippen molar-refractivity contribution in [3.8, 4) is 11.4 Å². The van der Waals surface area contributed by atoms with E-state index in [4.69, 9.17) is 0 Å². The second-order valence-electron chi connectivity index (χ2n) is 5.26. The van der Waals surface area contributed by atoms with E-state index < -0.39 is 4.92 Å². The van der Waals surface area contributed by atoms with E-state index in [0.717, 1.165) is 26.5 Å². The summed E-state index contributed by atoms with van der Waals surface area (Å²) in [5.74, 6) is 1.24. The molecule has 0 radical (unpaired) electrons. The topological polar surface area (TPSA) is 86.2 Å². The number of fused-ring (bicyclic) bond motifs is 1. The largest absolute Gasteiger partial charge is 0.269 e. The first kappa shape index (κ1) is 16.0. The van der Waals surface area contributed by atoms with Crippen molar-refractivity contribution in [2.45, 2.75) is 5.16 Å². The molecule has 4 rings (SSSR count). The molecule has 1 aromatic heterocycles. The lowest BCUT2D eigenvalue weighted by atomic mass is 10.1. The van der Waals surface area contributed by atoms with Gasteiger partial charge >= 0.3 is 0 Å². The molecule has 0 fully saturated rings. The minimum atomic E-state index is -0.416. The van der Waals surface area contributed by atoms with E-state index in [-0.39, 0.29) is 5.69 Å². The Morgan fingerprint density at radius 1 is 1.16 bits per heavy atom. The Bertz CT molecular complexity index is 1000. The molecule has 2 aromatic carbocycles. The molecular formula is C16H10BrN5O2S. The fourth-order valence-electron chi connectivity index (χ4n) is 2.39. The molecule has 0 saturated heterocycles. The molecule has 2 heterocycles. The highest BCUT2D eigenvalue weighted by molar-refractivity contribution is 9.10. The third-order valence-corrected chi connectivity index (χ3v) is 5.03. The molecule has 9 heteroatoms. The summed E-state index contributed by atoms with van der Waals surface area (Å²) >= 11 is 4.98. The summed E-state index contributed by atoms with van der Waals surface area (Å²) in [6.07, 6.45) is 0. The summed E-state index contributed by atoms with van der Waals surface area (Å²) in [4.78, 5) is 16.4. The Morgan fingerprint density at radius 3 is 2.68 bits per heavy atom. The minimum absolute atomic E-state index is 0.0613. The lowest BCUT2D eigenvalue weighted by Gasteiger charge is -2.11. The van der Waals surface area contributed by atoms with Gasteiger partial charge in [-0.05, 0) is 29.8 Å². The van der Waals surface area contributed by atoms with Gasteiger partial charge in [0.2, 0.25) is 5.16 Å². The van der Waals surface area contributed by atoms with Gasteiger partial charge in [-0.1, -0.05) is 39.8 Å². The number of halogens is 1. The number of thioether (sulfide) groups is 1. The summed E-state index contributed by atoms with van der Waals surface area (Å²) in [5, 5.41) is 20.4. The SMILES string of the molecule is O=[N+]([O-])c1ccc(C2=Nn3nc(-c4cccc(Br)c4)nc3SC2)cc1. The van der Waals surface area contributed by atoms with Gasteiger partial charge in [0, 0.05) is 27.9 Å². The van der Waals surface area contributed by atoms with Gasteiger partial charge in [0.15, 0.2) is 5.82 Å². The van der Waals surface area contributed by atoms with Crippen molar-refractivity contribution in [3.63, 3.8) is 0 Å². The van der Waals surface area contributed by atoms with E-state index in [1.165, 1.54) is 28.7 Å². The number of rotatable bonds is 3. The average Bonchev–Trinajstić information content (AvgIpc) is 3.05. The Balaban J connectivity index is 1.67. The van der Waals surface area contributed by atoms with Crippen LogP contribution in [0, 0.1) is 10.1 Å². The monoisotopic (exact) mass is 415 g/mol. The molecule has 1 aliphatic heterocycles. The molecule has 0 unspecified atom stereocenters. The van der Waals surface area contributed by atoms with Gasteiger partial charge in [-0.3, -0.25) is 10.1 Å². The van der Waals surface area contributed by atoms with Crippen molar-refractivity contribution in [2.75, 3.05) is 5.75 Å². The first-order valence-corrected chi connectivity index (χ1v) is 9.06. The van der Waals surface area contributed by atoms with Crippen LogP contribution in [0.25, 0.3) is 11.4 Å². The van der Waals surface area contributed by atoms with E-state index in [9.17, 15) is 10.1 Å². The number of hydrogen-bond donors (Lipinski definition) is 0. The molecule has 1 aliphatic rings. The van der Waals surface area contributed by atoms with Crippen LogP contribution in [-0.4, -0.2) is 31.3 Å². The maximum Gasteiger partial charge on any atom is 0.269 e. The second kappa shape index (κ2) is 6.41. The number of nitro benzene ring substituents is 1. The van der Waals surface area contributed by atoms with Gasteiger partial charge in [0.25, 0.3) is 5.69 Å². The number of nitrogens with zero attached hydrogens (tertiary/aromatic N) is 5. The zero-order valence-corrected chi connectivity index (χ0v) is 15.1. The predicted octanol–water partition coefficient (Wildman–Crippen LogP) is 3.97. The third-order valence-electron chi connectivity index (χ3n) is 3.61. The Kier molecular flexibility index (Phi) is 4.10. The quantitative estimate of drug-likeness (QED) is 0.476. The lowest BCUT2D eigenvalue weighted by Crippen LogP contribution is -2.13. The highest BCUT2D eigenvalue weighted by Gasteiger charge is 2.19. The van der Waals surface area contributed by atoms with Crippen LogP contribution >= 0.6 is 27.7 Å². The fraction of sp³-hybridized carbons (Fsp3) is 0.0625. The molecular weight excluding hydrogens is 406 g/mol. The van der Waals surface area contributed by atoms with E-state index in [1.807, 2.05) is 24.3 Å². The van der Waals surface area contributed by atoms with Crippen LogP contribution in [0.4, 0.5) is 5.69 Å². The van der Waals surface area contributed by atoms with Crippen LogP contribution in [0.3, 0.4) is 0 Å². The molecule has 0 saturated carbocycles. The van der Waals surface area contributed by atoms with Gasteiger partial charge in [-0.25, -0.2) is 0 Å². The summed E-state index contributed by atoms with van der Waals surface area (Å²) in [7, 11) is 0. The zero-order valence-electron chi connectivity index (χ0n) is 12.7. The standard InChI is InChI=1S/C16H10BrN5O2S/c17-12-3-1-2-11(8-12)15-18-16-21(20-15)19-14(9-25-16)10-4-6-13(7-5-10)22(23)24/h1-8H,9H2. The maximum absolute atomic E-state index is 10.8. The Morgan fingerprint density at radius 2 is 1.96 bits per heavy atom. The van der Waals surface area contributed by atoms with Gasteiger partial charge < -0.3 is 0 Å². The van der Waals surface area contributed by atoms with Crippen molar-refractivity contribution in [2.24, 2.45) is 5.10 Å². The number of hydrogen-bond acceptors (Lipinski definition) is 6. The van der Waals surface area contributed by atoms with Gasteiger partial charge in [-0.15, -0.1) is 9.89 Å². The van der Waals surface area contributed by atoms with Crippen LogP contribution in [0.2, 0.25) is 0 Å². The second-order valence-corrected chi connectivity index (χ2v) is 7.12. The van der Waals surface area contributed by atoms with E-state index in [1.54, 1.807) is 12.1 Å². The molecule has 0 spiro atoms. The molecule has 0 N–H and O–H groups in total. The normalized spacial score (nSPS) is 13.2. The van der Waals surface area contributed by atoms with Crippen molar-refractivity contribution in [3.05, 3.63) is 68.7 Å². The molecule has 0 aliphatic carbocycles. The van der Waals surface area contributed by atoms with Crippen molar-refractivity contribution in [1.82, 2.24) is 14.9 Å². The Hall–Kier alpha value is -2.52. The maximum atomic E-state index is 10.8. The smallest absolute Gasteiger partial charge is 0.258 e. The molecule has 25 heavy (non-hydrogen) atoms. The predicted molar refractivity (Wildman–Crippen MR) is 98.9 cm³/mol. The molecule has 124 valence electrons. The van der Waals surface area contributed by atoms with Crippen molar-refractivity contribution in [1.29, 1.82) is 0 Å². The Labute approximate surface area is 155 Å². The number of aromatic nitrogens is 3. The van der Waals surface area contributed by atoms with Crippen LogP contribution in [0.15, 0.2) is 63.3 Å². The molecule has 0 amide bonds. The van der Waals surface area contributed by atoms with Crippen LogP contribution in [0.5, 0.6) is 0 Å². The number of nitro groups is 1. The van der Waals surface area contributed by atoms with Crippen LogP contribution in [0.1, 0.15) is 5.56 Å². The number of non-ortho nitro benzene ring substituents is 1. The van der Waals surface area contributed by atoms with Gasteiger partial charge in [-0.2, -0.15) is 10.1 Å². The first-order chi connectivity index (χ1) is 12.1. The molecule has 3 aromatic rings. The summed E-state index contributed by atoms with van der Waals surface area (Å²) in [5.41, 5.74) is 2.61. The van der Waals surface area contributed by atoms with Gasteiger partial charge in [0.1, 0.15) is 0 Å². The summed E-state index contributed by atoms with van der Waals surface area (Å²) < 4.78 is 0.959. The lowest BCUT2D eigenvalue weighted by molar-refractivity contribution is -0.384. The zero-order chi connectivity index (χ0) is 17.4. The van der Waals surface area contributed by atoms with Crippen molar-refractivity contribution < 1.29 is 4.92 Å². The molecule has 0 atom stereocenters. The summed E-state index contributed by atoms with van der Waals surface area (Å²) in [6, 6.07) is 14.1. The highest BCUT2D eigenvalue weighted by atomic mass is 79.9. The van der Waals surface area contributed by atoms with E-state index in [2.05, 4.69) is 31.1 Å². The van der Waals surface area contributed by atoms with Gasteiger partial charge in [0.05, 0.1) is 10.6 Å².